The number of halogens is 1. The van der Waals surface area contributed by atoms with Crippen molar-refractivity contribution in [2.24, 2.45) is 5.92 Å². The molecule has 3 nitrogen and oxygen atoms in total. The maximum absolute atomic E-state index is 12.1. The number of nitrogens with one attached hydrogen (secondary N) is 1. The van der Waals surface area contributed by atoms with E-state index in [2.05, 4.69) is 33.4 Å². The van der Waals surface area contributed by atoms with Gasteiger partial charge in [0.25, 0.3) is 0 Å². The largest absolute Gasteiger partial charge is 0.316 e. The fourth-order valence-electron chi connectivity index (χ4n) is 2.87. The number of carbonyl (C=O) groups excluding carboxylic acids is 1. The number of benzene rings is 1. The third-order valence-electron chi connectivity index (χ3n) is 3.82. The number of amides is 1. The highest BCUT2D eigenvalue weighted by Gasteiger charge is 2.29. The van der Waals surface area contributed by atoms with Gasteiger partial charge in [0, 0.05) is 16.7 Å². The van der Waals surface area contributed by atoms with Gasteiger partial charge >= 0.3 is 0 Å². The number of fused-ring (bicyclic) bond motifs is 1. The Morgan fingerprint density at radius 2 is 2.33 bits per heavy atom. The predicted octanol–water partition coefficient (Wildman–Crippen LogP) is 2.34. The molecule has 0 saturated carbocycles. The van der Waals surface area contributed by atoms with Gasteiger partial charge in [-0.1, -0.05) is 22.0 Å². The van der Waals surface area contributed by atoms with Crippen LogP contribution in [-0.4, -0.2) is 25.5 Å². The number of hydrogen-bond acceptors (Lipinski definition) is 2. The fraction of sp³-hybridized carbons (Fsp3) is 0.500. The molecule has 18 heavy (non-hydrogen) atoms. The molecule has 96 valence electrons. The lowest BCUT2D eigenvalue weighted by molar-refractivity contribution is -0.117. The Morgan fingerprint density at radius 3 is 3.11 bits per heavy atom. The van der Waals surface area contributed by atoms with Crippen molar-refractivity contribution in [3.63, 3.8) is 0 Å². The van der Waals surface area contributed by atoms with Gasteiger partial charge < -0.3 is 10.2 Å². The Morgan fingerprint density at radius 1 is 1.44 bits per heavy atom. The third-order valence-corrected chi connectivity index (χ3v) is 4.31. The standard InChI is InChI=1S/C14H17BrN2O/c15-12-4-3-11-6-14(18)17(13(11)7-12)9-10-2-1-5-16-8-10/h3-4,7,10,16H,1-2,5-6,8-9H2. The van der Waals surface area contributed by atoms with Crippen LogP contribution in [0.25, 0.3) is 0 Å². The van der Waals surface area contributed by atoms with E-state index in [9.17, 15) is 4.79 Å². The van der Waals surface area contributed by atoms with Gasteiger partial charge in [-0.25, -0.2) is 0 Å². The summed E-state index contributed by atoms with van der Waals surface area (Å²) in [5.41, 5.74) is 2.26. The number of carbonyl (C=O) groups is 1. The first-order chi connectivity index (χ1) is 8.74. The summed E-state index contributed by atoms with van der Waals surface area (Å²) in [5.74, 6) is 0.835. The van der Waals surface area contributed by atoms with Crippen molar-refractivity contribution in [3.8, 4) is 0 Å². The Bertz CT molecular complexity index is 469. The molecule has 0 aromatic heterocycles. The van der Waals surface area contributed by atoms with Gasteiger partial charge in [0.1, 0.15) is 0 Å². The van der Waals surface area contributed by atoms with E-state index in [1.165, 1.54) is 12.8 Å². The number of hydrogen-bond donors (Lipinski definition) is 1. The van der Waals surface area contributed by atoms with Crippen LogP contribution in [0.4, 0.5) is 5.69 Å². The van der Waals surface area contributed by atoms with Crippen LogP contribution in [0.3, 0.4) is 0 Å². The van der Waals surface area contributed by atoms with Crippen LogP contribution in [-0.2, 0) is 11.2 Å². The summed E-state index contributed by atoms with van der Waals surface area (Å²) in [5, 5.41) is 3.41. The van der Waals surface area contributed by atoms with Crippen LogP contribution in [0.2, 0.25) is 0 Å². The Hall–Kier alpha value is -0.870. The van der Waals surface area contributed by atoms with E-state index in [4.69, 9.17) is 0 Å². The van der Waals surface area contributed by atoms with Crippen molar-refractivity contribution in [3.05, 3.63) is 28.2 Å². The van der Waals surface area contributed by atoms with Crippen molar-refractivity contribution in [2.75, 3.05) is 24.5 Å². The second-order valence-electron chi connectivity index (χ2n) is 5.17. The molecule has 0 bridgehead atoms. The minimum atomic E-state index is 0.244. The molecular weight excluding hydrogens is 292 g/mol. The molecule has 2 aliphatic heterocycles. The molecular formula is C14H17BrN2O. The van der Waals surface area contributed by atoms with Gasteiger partial charge in [-0.3, -0.25) is 4.79 Å². The van der Waals surface area contributed by atoms with Crippen LogP contribution >= 0.6 is 15.9 Å². The van der Waals surface area contributed by atoms with E-state index >= 15 is 0 Å². The van der Waals surface area contributed by atoms with E-state index in [0.717, 1.165) is 35.4 Å². The summed E-state index contributed by atoms with van der Waals surface area (Å²) in [6.45, 7) is 3.01. The number of anilines is 1. The smallest absolute Gasteiger partial charge is 0.231 e. The molecule has 1 atom stereocenters. The van der Waals surface area contributed by atoms with Crippen molar-refractivity contribution >= 4 is 27.5 Å². The summed E-state index contributed by atoms with van der Waals surface area (Å²) in [7, 11) is 0. The summed E-state index contributed by atoms with van der Waals surface area (Å²) < 4.78 is 1.04. The summed E-state index contributed by atoms with van der Waals surface area (Å²) in [4.78, 5) is 14.1. The molecule has 1 aromatic carbocycles. The van der Waals surface area contributed by atoms with Crippen molar-refractivity contribution in [2.45, 2.75) is 19.3 Å². The van der Waals surface area contributed by atoms with E-state index in [1.54, 1.807) is 0 Å². The average molecular weight is 309 g/mol. The van der Waals surface area contributed by atoms with Crippen LogP contribution in [0, 0.1) is 5.92 Å². The molecule has 1 fully saturated rings. The first-order valence-corrected chi connectivity index (χ1v) is 7.33. The molecule has 1 amide bonds. The molecule has 1 aromatic rings. The topological polar surface area (TPSA) is 32.3 Å². The monoisotopic (exact) mass is 308 g/mol. The molecule has 2 aliphatic rings. The molecule has 1 N–H and O–H groups in total. The number of piperidine rings is 1. The van der Waals surface area contributed by atoms with Crippen LogP contribution < -0.4 is 10.2 Å². The first-order valence-electron chi connectivity index (χ1n) is 6.53. The van der Waals surface area contributed by atoms with Gasteiger partial charge in [-0.05, 0) is 49.5 Å². The summed E-state index contributed by atoms with van der Waals surface area (Å²) in [6.07, 6.45) is 3.00. The normalized spacial score (nSPS) is 23.3. The van der Waals surface area contributed by atoms with Crippen molar-refractivity contribution in [1.82, 2.24) is 5.32 Å². The highest BCUT2D eigenvalue weighted by Crippen LogP contribution is 2.32. The number of rotatable bonds is 2. The maximum atomic E-state index is 12.1. The fourth-order valence-corrected chi connectivity index (χ4v) is 3.22. The predicted molar refractivity (Wildman–Crippen MR) is 75.8 cm³/mol. The second kappa shape index (κ2) is 5.02. The Labute approximate surface area is 116 Å². The van der Waals surface area contributed by atoms with E-state index < -0.39 is 0 Å². The molecule has 1 saturated heterocycles. The molecule has 0 radical (unpaired) electrons. The average Bonchev–Trinajstić information content (AvgIpc) is 2.67. The van der Waals surface area contributed by atoms with Crippen molar-refractivity contribution < 1.29 is 4.79 Å². The minimum absolute atomic E-state index is 0.244. The van der Waals surface area contributed by atoms with E-state index in [1.807, 2.05) is 11.0 Å². The SMILES string of the molecule is O=C1Cc2ccc(Br)cc2N1CC1CCCNC1. The third kappa shape index (κ3) is 2.31. The Kier molecular flexibility index (Phi) is 3.39. The quantitative estimate of drug-likeness (QED) is 0.909. The Balaban J connectivity index is 1.80. The highest BCUT2D eigenvalue weighted by atomic mass is 79.9. The first kappa shape index (κ1) is 12.2. The highest BCUT2D eigenvalue weighted by molar-refractivity contribution is 9.10. The van der Waals surface area contributed by atoms with Gasteiger partial charge in [-0.2, -0.15) is 0 Å². The lowest BCUT2D eigenvalue weighted by atomic mass is 9.99. The van der Waals surface area contributed by atoms with E-state index in [-0.39, 0.29) is 5.91 Å². The zero-order valence-electron chi connectivity index (χ0n) is 10.3. The molecule has 4 heteroatoms. The van der Waals surface area contributed by atoms with Crippen LogP contribution in [0.5, 0.6) is 0 Å². The zero-order chi connectivity index (χ0) is 12.5. The lowest BCUT2D eigenvalue weighted by Crippen LogP contribution is -2.39. The maximum Gasteiger partial charge on any atom is 0.231 e. The van der Waals surface area contributed by atoms with Crippen molar-refractivity contribution in [1.29, 1.82) is 0 Å². The van der Waals surface area contributed by atoms with Crippen LogP contribution in [0.1, 0.15) is 18.4 Å². The number of nitrogens with zero attached hydrogens (tertiary/aromatic N) is 1. The lowest BCUT2D eigenvalue weighted by Gasteiger charge is -2.28. The van der Waals surface area contributed by atoms with Gasteiger partial charge in [0.2, 0.25) is 5.91 Å². The van der Waals surface area contributed by atoms with Crippen LogP contribution in [0.15, 0.2) is 22.7 Å². The summed E-state index contributed by atoms with van der Waals surface area (Å²) in [6, 6.07) is 6.13. The molecule has 1 unspecified atom stereocenters. The summed E-state index contributed by atoms with van der Waals surface area (Å²) >= 11 is 3.49. The zero-order valence-corrected chi connectivity index (χ0v) is 11.9. The van der Waals surface area contributed by atoms with Gasteiger partial charge in [0.15, 0.2) is 0 Å². The molecule has 2 heterocycles. The molecule has 0 spiro atoms. The second-order valence-corrected chi connectivity index (χ2v) is 6.08. The van der Waals surface area contributed by atoms with Gasteiger partial charge in [-0.15, -0.1) is 0 Å². The molecule has 3 rings (SSSR count). The minimum Gasteiger partial charge on any atom is -0.316 e. The van der Waals surface area contributed by atoms with Gasteiger partial charge in [0.05, 0.1) is 6.42 Å². The molecule has 0 aliphatic carbocycles. The van der Waals surface area contributed by atoms with E-state index in [0.29, 0.717) is 12.3 Å².